The maximum absolute atomic E-state index is 15.1. The van der Waals surface area contributed by atoms with E-state index in [1.54, 1.807) is 55.7 Å². The summed E-state index contributed by atoms with van der Waals surface area (Å²) in [4.78, 5) is 19.6. The number of rotatable bonds is 7. The molecule has 0 saturated carbocycles. The van der Waals surface area contributed by atoms with E-state index in [4.69, 9.17) is 10.3 Å². The first kappa shape index (κ1) is 22.5. The van der Waals surface area contributed by atoms with Crippen LogP contribution in [0.4, 0.5) is 10.2 Å². The van der Waals surface area contributed by atoms with E-state index in [2.05, 4.69) is 15.2 Å². The summed E-state index contributed by atoms with van der Waals surface area (Å²) in [7, 11) is 3.89. The van der Waals surface area contributed by atoms with Gasteiger partial charge in [0, 0.05) is 24.5 Å². The van der Waals surface area contributed by atoms with Gasteiger partial charge < -0.3 is 19.7 Å². The summed E-state index contributed by atoms with van der Waals surface area (Å²) >= 11 is 0. The third-order valence-electron chi connectivity index (χ3n) is 5.68. The van der Waals surface area contributed by atoms with Gasteiger partial charge in [-0.2, -0.15) is 5.10 Å². The lowest BCUT2D eigenvalue weighted by Gasteiger charge is -2.13. The van der Waals surface area contributed by atoms with Gasteiger partial charge in [-0.05, 0) is 63.0 Å². The fraction of sp³-hybridized carbons (Fsp3) is 0.200. The molecule has 3 heterocycles. The Morgan fingerprint density at radius 2 is 1.94 bits per heavy atom. The van der Waals surface area contributed by atoms with E-state index in [0.29, 0.717) is 45.8 Å². The molecule has 10 heteroatoms. The van der Waals surface area contributed by atoms with Gasteiger partial charge in [0.15, 0.2) is 17.2 Å². The monoisotopic (exact) mass is 473 g/mol. The molecule has 0 amide bonds. The van der Waals surface area contributed by atoms with Crippen molar-refractivity contribution in [3.63, 3.8) is 0 Å². The molecule has 0 aliphatic carbocycles. The number of aryl methyl sites for hydroxylation is 1. The molecular formula is C25H24FN7O2. The molecule has 9 nitrogen and oxygen atoms in total. The maximum atomic E-state index is 15.1. The first-order chi connectivity index (χ1) is 16.8. The van der Waals surface area contributed by atoms with Gasteiger partial charge in [0.05, 0.1) is 23.3 Å². The van der Waals surface area contributed by atoms with Crippen LogP contribution in [0.2, 0.25) is 0 Å². The molecule has 5 aromatic rings. The van der Waals surface area contributed by atoms with E-state index in [1.165, 1.54) is 10.7 Å². The van der Waals surface area contributed by atoms with Crippen molar-refractivity contribution in [1.82, 2.24) is 29.4 Å². The van der Waals surface area contributed by atoms with Crippen LogP contribution in [-0.2, 0) is 13.0 Å². The fourth-order valence-electron chi connectivity index (χ4n) is 4.03. The quantitative estimate of drug-likeness (QED) is 0.359. The summed E-state index contributed by atoms with van der Waals surface area (Å²) in [6.45, 7) is 2.41. The maximum Gasteiger partial charge on any atom is 0.185 e. The van der Waals surface area contributed by atoms with Gasteiger partial charge in [-0.3, -0.25) is 4.79 Å². The number of hydrogen-bond donors (Lipinski definition) is 1. The summed E-state index contributed by atoms with van der Waals surface area (Å²) in [5.41, 5.74) is 9.01. The molecule has 0 aliphatic rings. The molecule has 3 aromatic heterocycles. The molecule has 0 saturated heterocycles. The zero-order chi connectivity index (χ0) is 24.7. The minimum absolute atomic E-state index is 0.108. The van der Waals surface area contributed by atoms with Crippen LogP contribution in [0.15, 0.2) is 59.4 Å². The summed E-state index contributed by atoms with van der Waals surface area (Å²) in [5.74, 6) is 0.337. The van der Waals surface area contributed by atoms with Crippen molar-refractivity contribution in [1.29, 1.82) is 0 Å². The van der Waals surface area contributed by atoms with Crippen molar-refractivity contribution in [3.8, 4) is 11.4 Å². The lowest BCUT2D eigenvalue weighted by atomic mass is 10.1. The number of halogens is 1. The fourth-order valence-corrected chi connectivity index (χ4v) is 4.03. The zero-order valence-electron chi connectivity index (χ0n) is 19.6. The van der Waals surface area contributed by atoms with Crippen LogP contribution in [0.25, 0.3) is 22.3 Å². The number of anilines is 1. The number of fused-ring (bicyclic) bond motifs is 1. The summed E-state index contributed by atoms with van der Waals surface area (Å²) < 4.78 is 23.6. The number of nitrogens with two attached hydrogens (primary N) is 1. The Labute approximate surface area is 200 Å². The molecule has 35 heavy (non-hydrogen) atoms. The second-order valence-electron chi connectivity index (χ2n) is 8.66. The van der Waals surface area contributed by atoms with Gasteiger partial charge in [0.25, 0.3) is 0 Å². The minimum atomic E-state index is -0.457. The first-order valence-corrected chi connectivity index (χ1v) is 11.0. The van der Waals surface area contributed by atoms with Crippen molar-refractivity contribution in [2.24, 2.45) is 0 Å². The second-order valence-corrected chi connectivity index (χ2v) is 8.66. The number of nitrogen functional groups attached to an aromatic ring is 1. The van der Waals surface area contributed by atoms with Gasteiger partial charge in [0.2, 0.25) is 0 Å². The largest absolute Gasteiger partial charge is 0.380 e. The average molecular weight is 474 g/mol. The van der Waals surface area contributed by atoms with Crippen LogP contribution >= 0.6 is 0 Å². The highest BCUT2D eigenvalue weighted by Crippen LogP contribution is 2.25. The number of ketones is 1. The Balaban J connectivity index is 1.43. The van der Waals surface area contributed by atoms with Crippen molar-refractivity contribution >= 4 is 22.6 Å². The van der Waals surface area contributed by atoms with E-state index in [0.717, 1.165) is 5.82 Å². The van der Waals surface area contributed by atoms with E-state index < -0.39 is 5.82 Å². The van der Waals surface area contributed by atoms with Gasteiger partial charge in [-0.25, -0.2) is 14.1 Å². The molecule has 0 aliphatic heterocycles. The number of carbonyl (C=O) groups excluding carboxylic acids is 1. The van der Waals surface area contributed by atoms with E-state index >= 15 is 4.39 Å². The Kier molecular flexibility index (Phi) is 5.65. The van der Waals surface area contributed by atoms with E-state index in [-0.39, 0.29) is 18.0 Å². The number of benzene rings is 2. The van der Waals surface area contributed by atoms with Gasteiger partial charge in [-0.15, -0.1) is 0 Å². The van der Waals surface area contributed by atoms with E-state index in [1.807, 2.05) is 23.6 Å². The van der Waals surface area contributed by atoms with Crippen LogP contribution in [0.3, 0.4) is 0 Å². The molecule has 0 unspecified atom stereocenters. The Hall–Kier alpha value is -4.31. The predicted molar refractivity (Wildman–Crippen MR) is 129 cm³/mol. The molecule has 178 valence electrons. The Morgan fingerprint density at radius 3 is 2.71 bits per heavy atom. The molecule has 2 N–H and O–H groups in total. The lowest BCUT2D eigenvalue weighted by Crippen LogP contribution is -2.15. The molecule has 0 radical (unpaired) electrons. The number of hydrogen-bond acceptors (Lipinski definition) is 7. The number of Topliss-reactive ketones (excluding diaryl/α,β-unsaturated/α-hetero) is 1. The van der Waals surface area contributed by atoms with Crippen LogP contribution in [-0.4, -0.2) is 49.3 Å². The summed E-state index contributed by atoms with van der Waals surface area (Å²) in [6.07, 6.45) is 3.37. The van der Waals surface area contributed by atoms with Crippen LogP contribution in [0.5, 0.6) is 0 Å². The predicted octanol–water partition coefficient (Wildman–Crippen LogP) is 3.72. The van der Waals surface area contributed by atoms with Crippen molar-refractivity contribution < 1.29 is 13.7 Å². The normalized spacial score (nSPS) is 11.6. The third kappa shape index (κ3) is 4.31. The van der Waals surface area contributed by atoms with Gasteiger partial charge in [0.1, 0.15) is 17.3 Å². The summed E-state index contributed by atoms with van der Waals surface area (Å²) in [5, 5.41) is 8.85. The SMILES string of the molecule is Cc1cc(C(=O)Cc2ccc(-n3ccnc3CN(C)C)cc2F)n(-c2ccc3onc(N)c3c2)n1. The lowest BCUT2D eigenvalue weighted by molar-refractivity contribution is 0.0984. The molecule has 0 fully saturated rings. The third-order valence-corrected chi connectivity index (χ3v) is 5.68. The van der Waals surface area contributed by atoms with Crippen molar-refractivity contribution in [2.45, 2.75) is 19.9 Å². The average Bonchev–Trinajstić information content (AvgIpc) is 3.53. The number of carbonyl (C=O) groups is 1. The van der Waals surface area contributed by atoms with Crippen molar-refractivity contribution in [3.05, 3.63) is 83.5 Å². The molecule has 2 aromatic carbocycles. The highest BCUT2D eigenvalue weighted by Gasteiger charge is 2.19. The van der Waals surface area contributed by atoms with Crippen LogP contribution < -0.4 is 5.73 Å². The number of aromatic nitrogens is 5. The molecule has 5 rings (SSSR count). The van der Waals surface area contributed by atoms with Gasteiger partial charge >= 0.3 is 0 Å². The topological polar surface area (TPSA) is 108 Å². The molecule has 0 atom stereocenters. The molecular weight excluding hydrogens is 449 g/mol. The van der Waals surface area contributed by atoms with Crippen molar-refractivity contribution in [2.75, 3.05) is 19.8 Å². The standard InChI is InChI=1S/C25H24FN7O2/c1-15-10-21(33(29-15)18-6-7-23-19(12-18)25(27)30-35-23)22(34)11-16-4-5-17(13-20(16)26)32-9-8-28-24(32)14-31(2)3/h4-10,12-13H,11,14H2,1-3H3,(H2,27,30). The number of nitrogens with zero attached hydrogens (tertiary/aromatic N) is 6. The first-order valence-electron chi connectivity index (χ1n) is 11.0. The highest BCUT2D eigenvalue weighted by molar-refractivity contribution is 5.97. The highest BCUT2D eigenvalue weighted by atomic mass is 19.1. The minimum Gasteiger partial charge on any atom is -0.380 e. The summed E-state index contributed by atoms with van der Waals surface area (Å²) in [6, 6.07) is 11.8. The smallest absolute Gasteiger partial charge is 0.185 e. The zero-order valence-corrected chi connectivity index (χ0v) is 19.6. The van der Waals surface area contributed by atoms with Gasteiger partial charge in [-0.1, -0.05) is 11.2 Å². The molecule has 0 bridgehead atoms. The molecule has 0 spiro atoms. The van der Waals surface area contributed by atoms with Crippen LogP contribution in [0, 0.1) is 12.7 Å². The second kappa shape index (κ2) is 8.80. The van der Waals surface area contributed by atoms with Crippen LogP contribution in [0.1, 0.15) is 27.6 Å². The Morgan fingerprint density at radius 1 is 1.14 bits per heavy atom. The Bertz CT molecular complexity index is 1550. The van der Waals surface area contributed by atoms with E-state index in [9.17, 15) is 4.79 Å². The number of imidazole rings is 1.